The van der Waals surface area contributed by atoms with Crippen LogP contribution in [0.1, 0.15) is 32.6 Å². The smallest absolute Gasteiger partial charge is 0.240 e. The van der Waals surface area contributed by atoms with E-state index in [1.54, 1.807) is 0 Å². The van der Waals surface area contributed by atoms with Gasteiger partial charge < -0.3 is 15.0 Å². The topological polar surface area (TPSA) is 41.6 Å². The van der Waals surface area contributed by atoms with Gasteiger partial charge in [0.25, 0.3) is 0 Å². The maximum atomic E-state index is 12.2. The van der Waals surface area contributed by atoms with Crippen molar-refractivity contribution in [1.82, 2.24) is 10.2 Å². The highest BCUT2D eigenvalue weighted by atomic mass is 16.5. The molecule has 2 fully saturated rings. The number of piperidine rings is 1. The number of nitrogens with zero attached hydrogens (tertiary/aromatic N) is 1. The van der Waals surface area contributed by atoms with Crippen LogP contribution in [-0.4, -0.2) is 49.2 Å². The lowest BCUT2D eigenvalue weighted by Crippen LogP contribution is -2.55. The third-order valence-corrected chi connectivity index (χ3v) is 3.82. The fourth-order valence-electron chi connectivity index (χ4n) is 2.76. The highest BCUT2D eigenvalue weighted by Gasteiger charge is 2.35. The molecule has 0 bridgehead atoms. The first-order valence-electron chi connectivity index (χ1n) is 6.33. The van der Waals surface area contributed by atoms with Crippen LogP contribution in [0.2, 0.25) is 0 Å². The van der Waals surface area contributed by atoms with Crippen molar-refractivity contribution < 1.29 is 9.53 Å². The normalized spacial score (nSPS) is 33.1. The number of likely N-dealkylation sites (tertiary alicyclic amines) is 1. The molecule has 2 heterocycles. The summed E-state index contributed by atoms with van der Waals surface area (Å²) in [4.78, 5) is 14.2. The quantitative estimate of drug-likeness (QED) is 0.772. The summed E-state index contributed by atoms with van der Waals surface area (Å²) in [6.45, 7) is 3.86. The molecule has 0 aromatic rings. The lowest BCUT2D eigenvalue weighted by atomic mass is 10.00. The molecule has 3 atom stereocenters. The Morgan fingerprint density at radius 1 is 1.44 bits per heavy atom. The van der Waals surface area contributed by atoms with E-state index in [-0.39, 0.29) is 24.1 Å². The van der Waals surface area contributed by atoms with Crippen molar-refractivity contribution in [3.8, 4) is 0 Å². The SMILES string of the molecule is CNC1CCCN(C(C)C2CCCO2)C1=O. The molecule has 16 heavy (non-hydrogen) atoms. The Bertz CT molecular complexity index is 251. The minimum atomic E-state index is 0.0117. The maximum Gasteiger partial charge on any atom is 0.240 e. The number of carbonyl (C=O) groups excluding carboxylic acids is 1. The van der Waals surface area contributed by atoms with Crippen LogP contribution in [0.3, 0.4) is 0 Å². The van der Waals surface area contributed by atoms with Gasteiger partial charge in [-0.2, -0.15) is 0 Å². The second kappa shape index (κ2) is 5.15. The molecular weight excluding hydrogens is 204 g/mol. The van der Waals surface area contributed by atoms with E-state index in [1.165, 1.54) is 0 Å². The van der Waals surface area contributed by atoms with Crippen LogP contribution in [0.25, 0.3) is 0 Å². The van der Waals surface area contributed by atoms with E-state index in [1.807, 2.05) is 11.9 Å². The van der Waals surface area contributed by atoms with Gasteiger partial charge in [0.15, 0.2) is 0 Å². The van der Waals surface area contributed by atoms with Gasteiger partial charge in [0.1, 0.15) is 0 Å². The van der Waals surface area contributed by atoms with Crippen molar-refractivity contribution in [2.24, 2.45) is 0 Å². The van der Waals surface area contributed by atoms with Gasteiger partial charge in [-0.3, -0.25) is 4.79 Å². The summed E-state index contributed by atoms with van der Waals surface area (Å²) < 4.78 is 5.67. The molecule has 2 rings (SSSR count). The van der Waals surface area contributed by atoms with Crippen molar-refractivity contribution >= 4 is 5.91 Å². The molecule has 0 aromatic carbocycles. The fraction of sp³-hybridized carbons (Fsp3) is 0.917. The highest BCUT2D eigenvalue weighted by molar-refractivity contribution is 5.82. The van der Waals surface area contributed by atoms with Crippen LogP contribution in [0.4, 0.5) is 0 Å². The molecule has 0 radical (unpaired) electrons. The summed E-state index contributed by atoms with van der Waals surface area (Å²) in [5.74, 6) is 0.247. The minimum absolute atomic E-state index is 0.0117. The summed E-state index contributed by atoms with van der Waals surface area (Å²) in [5, 5.41) is 3.10. The van der Waals surface area contributed by atoms with Crippen LogP contribution in [-0.2, 0) is 9.53 Å². The first-order chi connectivity index (χ1) is 7.74. The first kappa shape index (κ1) is 11.9. The third-order valence-electron chi connectivity index (χ3n) is 3.82. The Hall–Kier alpha value is -0.610. The van der Waals surface area contributed by atoms with Crippen molar-refractivity contribution in [2.75, 3.05) is 20.2 Å². The Balaban J connectivity index is 1.98. The number of carbonyl (C=O) groups is 1. The summed E-state index contributed by atoms with van der Waals surface area (Å²) in [7, 11) is 1.86. The Morgan fingerprint density at radius 2 is 2.25 bits per heavy atom. The van der Waals surface area contributed by atoms with Crippen LogP contribution >= 0.6 is 0 Å². The Kier molecular flexibility index (Phi) is 3.82. The summed E-state index contributed by atoms with van der Waals surface area (Å²) >= 11 is 0. The van der Waals surface area contributed by atoms with Gasteiger partial charge >= 0.3 is 0 Å². The van der Waals surface area contributed by atoms with E-state index in [0.717, 1.165) is 38.8 Å². The van der Waals surface area contributed by atoms with E-state index in [4.69, 9.17) is 4.74 Å². The average Bonchev–Trinajstić information content (AvgIpc) is 2.82. The minimum Gasteiger partial charge on any atom is -0.376 e. The molecule has 3 unspecified atom stereocenters. The van der Waals surface area contributed by atoms with Crippen LogP contribution in [0, 0.1) is 0 Å². The number of hydrogen-bond acceptors (Lipinski definition) is 3. The monoisotopic (exact) mass is 226 g/mol. The molecule has 4 nitrogen and oxygen atoms in total. The predicted octanol–water partition coefficient (Wildman–Crippen LogP) is 0.764. The number of rotatable bonds is 3. The Labute approximate surface area is 97.3 Å². The van der Waals surface area contributed by atoms with Crippen molar-refractivity contribution in [3.63, 3.8) is 0 Å². The summed E-state index contributed by atoms with van der Waals surface area (Å²) in [5.41, 5.74) is 0. The van der Waals surface area contributed by atoms with Crippen LogP contribution < -0.4 is 5.32 Å². The first-order valence-corrected chi connectivity index (χ1v) is 6.33. The number of ether oxygens (including phenoxy) is 1. The van der Waals surface area contributed by atoms with E-state index in [0.29, 0.717) is 0 Å². The number of likely N-dealkylation sites (N-methyl/N-ethyl adjacent to an activating group) is 1. The second-order valence-corrected chi connectivity index (χ2v) is 4.81. The molecule has 2 aliphatic rings. The van der Waals surface area contributed by atoms with E-state index < -0.39 is 0 Å². The number of nitrogens with one attached hydrogen (secondary N) is 1. The molecule has 0 aliphatic carbocycles. The number of amides is 1. The molecular formula is C12H22N2O2. The maximum absolute atomic E-state index is 12.2. The van der Waals surface area contributed by atoms with Gasteiger partial charge in [-0.1, -0.05) is 0 Å². The average molecular weight is 226 g/mol. The van der Waals surface area contributed by atoms with E-state index in [9.17, 15) is 4.79 Å². The van der Waals surface area contributed by atoms with Crippen molar-refractivity contribution in [1.29, 1.82) is 0 Å². The van der Waals surface area contributed by atoms with Crippen LogP contribution in [0.15, 0.2) is 0 Å². The largest absolute Gasteiger partial charge is 0.376 e. The molecule has 92 valence electrons. The molecule has 0 aromatic heterocycles. The molecule has 1 N–H and O–H groups in total. The molecule has 2 aliphatic heterocycles. The second-order valence-electron chi connectivity index (χ2n) is 4.81. The zero-order valence-electron chi connectivity index (χ0n) is 10.2. The molecule has 0 saturated carbocycles. The molecule has 2 saturated heterocycles. The molecule has 1 amide bonds. The van der Waals surface area contributed by atoms with Gasteiger partial charge in [-0.05, 0) is 39.7 Å². The molecule has 0 spiro atoms. The molecule has 4 heteroatoms. The fourth-order valence-corrected chi connectivity index (χ4v) is 2.76. The Morgan fingerprint density at radius 3 is 2.88 bits per heavy atom. The van der Waals surface area contributed by atoms with Crippen molar-refractivity contribution in [2.45, 2.75) is 50.8 Å². The zero-order valence-corrected chi connectivity index (χ0v) is 10.2. The van der Waals surface area contributed by atoms with Gasteiger partial charge in [0.05, 0.1) is 18.2 Å². The van der Waals surface area contributed by atoms with E-state index >= 15 is 0 Å². The lowest BCUT2D eigenvalue weighted by Gasteiger charge is -2.38. The lowest BCUT2D eigenvalue weighted by molar-refractivity contribution is -0.140. The summed E-state index contributed by atoms with van der Waals surface area (Å²) in [6.07, 6.45) is 4.53. The van der Waals surface area contributed by atoms with Gasteiger partial charge in [-0.25, -0.2) is 0 Å². The third kappa shape index (κ3) is 2.23. The van der Waals surface area contributed by atoms with Gasteiger partial charge in [0.2, 0.25) is 5.91 Å². The summed E-state index contributed by atoms with van der Waals surface area (Å²) in [6, 6.07) is 0.240. The van der Waals surface area contributed by atoms with E-state index in [2.05, 4.69) is 12.2 Å². The van der Waals surface area contributed by atoms with Gasteiger partial charge in [0, 0.05) is 13.2 Å². The van der Waals surface area contributed by atoms with Crippen LogP contribution in [0.5, 0.6) is 0 Å². The van der Waals surface area contributed by atoms with Gasteiger partial charge in [-0.15, -0.1) is 0 Å². The standard InChI is InChI=1S/C12H22N2O2/c1-9(11-6-4-8-16-11)14-7-3-5-10(13-2)12(14)15/h9-11,13H,3-8H2,1-2H3. The zero-order chi connectivity index (χ0) is 11.5. The predicted molar refractivity (Wildman–Crippen MR) is 62.2 cm³/mol. The highest BCUT2D eigenvalue weighted by Crippen LogP contribution is 2.23. The van der Waals surface area contributed by atoms with Crippen molar-refractivity contribution in [3.05, 3.63) is 0 Å². The number of hydrogen-bond donors (Lipinski definition) is 1.